The van der Waals surface area contributed by atoms with Crippen LogP contribution in [0.3, 0.4) is 0 Å². The second-order valence-corrected chi connectivity index (χ2v) is 8.92. The lowest BCUT2D eigenvalue weighted by Gasteiger charge is -2.29. The van der Waals surface area contributed by atoms with Crippen LogP contribution >= 0.6 is 23.2 Å². The molecule has 0 aromatic heterocycles. The van der Waals surface area contributed by atoms with Crippen molar-refractivity contribution in [3.63, 3.8) is 0 Å². The molecule has 4 unspecified atom stereocenters. The van der Waals surface area contributed by atoms with Gasteiger partial charge in [0.05, 0.1) is 10.8 Å². The summed E-state index contributed by atoms with van der Waals surface area (Å²) >= 11 is 13.4. The molecule has 148 valence electrons. The number of Topliss-reactive ketones (excluding diaryl/α,β-unsaturated/α-hetero) is 1. The van der Waals surface area contributed by atoms with Gasteiger partial charge in [0.15, 0.2) is 0 Å². The lowest BCUT2D eigenvalue weighted by Crippen LogP contribution is -2.32. The smallest absolute Gasteiger partial charge is 0.143 e. The van der Waals surface area contributed by atoms with E-state index in [1.54, 1.807) is 36.4 Å². The van der Waals surface area contributed by atoms with Crippen LogP contribution in [0.1, 0.15) is 47.6 Å². The van der Waals surface area contributed by atoms with Crippen LogP contribution in [0.15, 0.2) is 48.5 Å². The van der Waals surface area contributed by atoms with Gasteiger partial charge in [-0.1, -0.05) is 36.4 Å². The maximum absolute atomic E-state index is 14.3. The average Bonchev–Trinajstić information content (AvgIpc) is 3.57. The number of hydrogen-bond acceptors (Lipinski definition) is 1. The molecule has 4 rings (SSSR count). The fourth-order valence-corrected chi connectivity index (χ4v) is 5.16. The number of alkyl halides is 2. The number of carbonyl (C=O) groups is 1. The van der Waals surface area contributed by atoms with Gasteiger partial charge < -0.3 is 0 Å². The molecule has 5 heteroatoms. The fraction of sp³-hybridized carbons (Fsp3) is 0.435. The van der Waals surface area contributed by atoms with Gasteiger partial charge in [-0.05, 0) is 49.7 Å². The maximum atomic E-state index is 14.3. The third-order valence-electron chi connectivity index (χ3n) is 5.95. The molecule has 2 saturated carbocycles. The Hall–Kier alpha value is -1.45. The molecule has 0 radical (unpaired) electrons. The average molecular weight is 423 g/mol. The third-order valence-corrected chi connectivity index (χ3v) is 6.97. The lowest BCUT2D eigenvalue weighted by atomic mass is 9.79. The van der Waals surface area contributed by atoms with E-state index < -0.39 is 34.2 Å². The molecule has 0 aliphatic heterocycles. The van der Waals surface area contributed by atoms with E-state index in [-0.39, 0.29) is 17.6 Å². The van der Waals surface area contributed by atoms with Crippen LogP contribution in [0.5, 0.6) is 0 Å². The van der Waals surface area contributed by atoms with Crippen LogP contribution in [-0.4, -0.2) is 5.78 Å². The van der Waals surface area contributed by atoms with Gasteiger partial charge in [0.2, 0.25) is 0 Å². The standard InChI is InChI=1S/C23H22Cl2F2O/c24-21(15-5-1-3-7-17(15)26)19(13-9-10-13)23(28)20(14-11-12-14)22(25)16-6-2-4-8-18(16)27/h1-8,13-14,19-22H,9-12H2. The molecule has 0 heterocycles. The van der Waals surface area contributed by atoms with Gasteiger partial charge in [-0.2, -0.15) is 0 Å². The van der Waals surface area contributed by atoms with Crippen LogP contribution in [0.4, 0.5) is 8.78 Å². The zero-order valence-electron chi connectivity index (χ0n) is 15.3. The topological polar surface area (TPSA) is 17.1 Å². The number of benzene rings is 2. The summed E-state index contributed by atoms with van der Waals surface area (Å²) in [5.74, 6) is -1.58. The molecule has 0 N–H and O–H groups in total. The Balaban J connectivity index is 1.65. The summed E-state index contributed by atoms with van der Waals surface area (Å²) in [5, 5.41) is -1.49. The molecule has 28 heavy (non-hydrogen) atoms. The van der Waals surface area contributed by atoms with E-state index in [1.807, 2.05) is 0 Å². The van der Waals surface area contributed by atoms with Gasteiger partial charge in [-0.15, -0.1) is 23.2 Å². The summed E-state index contributed by atoms with van der Waals surface area (Å²) in [4.78, 5) is 13.6. The predicted molar refractivity (Wildman–Crippen MR) is 107 cm³/mol. The molecular formula is C23H22Cl2F2O. The number of rotatable bonds is 8. The number of halogens is 4. The van der Waals surface area contributed by atoms with E-state index in [0.29, 0.717) is 11.1 Å². The summed E-state index contributed by atoms with van der Waals surface area (Å²) in [5.41, 5.74) is 0.696. The zero-order valence-corrected chi connectivity index (χ0v) is 16.8. The molecule has 2 aromatic rings. The summed E-state index contributed by atoms with van der Waals surface area (Å²) in [6.45, 7) is 0. The lowest BCUT2D eigenvalue weighted by molar-refractivity contribution is -0.128. The van der Waals surface area contributed by atoms with Crippen LogP contribution in [0, 0.1) is 35.3 Å². The SMILES string of the molecule is O=C(C(C1CC1)C(Cl)c1ccccc1F)C(C1CC1)C(Cl)c1ccccc1F. The Morgan fingerprint density at radius 2 is 1.11 bits per heavy atom. The molecule has 2 aliphatic carbocycles. The molecule has 0 bridgehead atoms. The molecule has 2 aromatic carbocycles. The van der Waals surface area contributed by atoms with E-state index >= 15 is 0 Å². The first kappa shape index (κ1) is 19.8. The van der Waals surface area contributed by atoms with Crippen LogP contribution in [0.2, 0.25) is 0 Å². The summed E-state index contributed by atoms with van der Waals surface area (Å²) < 4.78 is 28.6. The van der Waals surface area contributed by atoms with Crippen molar-refractivity contribution in [1.82, 2.24) is 0 Å². The molecule has 1 nitrogen and oxygen atoms in total. The highest BCUT2D eigenvalue weighted by atomic mass is 35.5. The highest BCUT2D eigenvalue weighted by Crippen LogP contribution is 2.53. The number of hydrogen-bond donors (Lipinski definition) is 0. The molecule has 0 saturated heterocycles. The largest absolute Gasteiger partial charge is 0.299 e. The van der Waals surface area contributed by atoms with Crippen molar-refractivity contribution in [2.45, 2.75) is 36.4 Å². The molecule has 0 amide bonds. The Labute approximate surface area is 174 Å². The van der Waals surface area contributed by atoms with Crippen LogP contribution in [0.25, 0.3) is 0 Å². The minimum absolute atomic E-state index is 0.0449. The van der Waals surface area contributed by atoms with Crippen molar-refractivity contribution in [2.24, 2.45) is 23.7 Å². The minimum Gasteiger partial charge on any atom is -0.299 e. The minimum atomic E-state index is -0.744. The van der Waals surface area contributed by atoms with Crippen molar-refractivity contribution in [3.05, 3.63) is 71.3 Å². The first-order valence-electron chi connectivity index (χ1n) is 9.79. The molecule has 2 aliphatic rings. The summed E-state index contributed by atoms with van der Waals surface area (Å²) in [7, 11) is 0. The Morgan fingerprint density at radius 1 is 0.750 bits per heavy atom. The Morgan fingerprint density at radius 3 is 1.43 bits per heavy atom. The van der Waals surface area contributed by atoms with E-state index in [9.17, 15) is 13.6 Å². The van der Waals surface area contributed by atoms with Crippen molar-refractivity contribution in [1.29, 1.82) is 0 Å². The van der Waals surface area contributed by atoms with E-state index in [4.69, 9.17) is 23.2 Å². The highest BCUT2D eigenvalue weighted by molar-refractivity contribution is 6.24. The first-order chi connectivity index (χ1) is 13.5. The first-order valence-corrected chi connectivity index (χ1v) is 10.7. The predicted octanol–water partition coefficient (Wildman–Crippen LogP) is 6.85. The molecule has 2 fully saturated rings. The quantitative estimate of drug-likeness (QED) is 0.425. The third kappa shape index (κ3) is 3.97. The molecular weight excluding hydrogens is 401 g/mol. The van der Waals surface area contributed by atoms with E-state index in [2.05, 4.69) is 0 Å². The van der Waals surface area contributed by atoms with Crippen LogP contribution < -0.4 is 0 Å². The van der Waals surface area contributed by atoms with Crippen molar-refractivity contribution in [2.75, 3.05) is 0 Å². The number of ketones is 1. The monoisotopic (exact) mass is 422 g/mol. The second kappa shape index (κ2) is 8.12. The van der Waals surface area contributed by atoms with Crippen molar-refractivity contribution >= 4 is 29.0 Å². The summed E-state index contributed by atoms with van der Waals surface area (Å²) in [6.07, 6.45) is 3.60. The Kier molecular flexibility index (Phi) is 5.76. The second-order valence-electron chi connectivity index (χ2n) is 7.98. The maximum Gasteiger partial charge on any atom is 0.143 e. The van der Waals surface area contributed by atoms with Gasteiger partial charge in [0.1, 0.15) is 17.4 Å². The molecule has 4 atom stereocenters. The van der Waals surface area contributed by atoms with Gasteiger partial charge in [-0.3, -0.25) is 4.79 Å². The van der Waals surface area contributed by atoms with Crippen molar-refractivity contribution in [3.8, 4) is 0 Å². The van der Waals surface area contributed by atoms with E-state index in [0.717, 1.165) is 25.7 Å². The van der Waals surface area contributed by atoms with Gasteiger partial charge in [0, 0.05) is 23.0 Å². The summed E-state index contributed by atoms with van der Waals surface area (Å²) in [6, 6.07) is 12.7. The van der Waals surface area contributed by atoms with Gasteiger partial charge in [-0.25, -0.2) is 8.78 Å². The van der Waals surface area contributed by atoms with Crippen molar-refractivity contribution < 1.29 is 13.6 Å². The normalized spacial score (nSPS) is 21.0. The van der Waals surface area contributed by atoms with Crippen LogP contribution in [-0.2, 0) is 4.79 Å². The zero-order chi connectivity index (χ0) is 19.8. The van der Waals surface area contributed by atoms with E-state index in [1.165, 1.54) is 12.1 Å². The highest BCUT2D eigenvalue weighted by Gasteiger charge is 2.50. The van der Waals surface area contributed by atoms with Gasteiger partial charge >= 0.3 is 0 Å². The molecule has 0 spiro atoms. The number of carbonyl (C=O) groups excluding carboxylic acids is 1. The Bertz CT molecular complexity index is 794. The fourth-order valence-electron chi connectivity index (χ4n) is 4.15. The van der Waals surface area contributed by atoms with Gasteiger partial charge in [0.25, 0.3) is 0 Å².